The molecule has 0 saturated carbocycles. The van der Waals surface area contributed by atoms with E-state index in [1.165, 1.54) is 18.0 Å². The number of hydrogen-bond acceptors (Lipinski definition) is 7. The first kappa shape index (κ1) is 15.9. The SMILES string of the molecule is COC(=O)c1cn(C2CN(C(=O)c3n[nH]c(=O)c4ccccc34)C2)nn1. The monoisotopic (exact) mass is 354 g/mol. The largest absolute Gasteiger partial charge is 0.464 e. The molecule has 1 aliphatic heterocycles. The molecule has 10 nitrogen and oxygen atoms in total. The summed E-state index contributed by atoms with van der Waals surface area (Å²) in [6.45, 7) is 0.801. The number of esters is 1. The molecule has 3 heterocycles. The zero-order valence-corrected chi connectivity index (χ0v) is 13.7. The van der Waals surface area contributed by atoms with Crippen molar-refractivity contribution in [1.82, 2.24) is 30.1 Å². The Kier molecular flexibility index (Phi) is 3.72. The summed E-state index contributed by atoms with van der Waals surface area (Å²) in [7, 11) is 1.27. The van der Waals surface area contributed by atoms with Crippen LogP contribution >= 0.6 is 0 Å². The van der Waals surface area contributed by atoms with Crippen molar-refractivity contribution >= 4 is 22.6 Å². The van der Waals surface area contributed by atoms with Gasteiger partial charge >= 0.3 is 5.97 Å². The summed E-state index contributed by atoms with van der Waals surface area (Å²) in [5.41, 5.74) is -0.0188. The van der Waals surface area contributed by atoms with Gasteiger partial charge in [-0.2, -0.15) is 5.10 Å². The number of ether oxygens (including phenoxy) is 1. The molecule has 0 bridgehead atoms. The number of carbonyl (C=O) groups is 2. The van der Waals surface area contributed by atoms with E-state index in [4.69, 9.17) is 0 Å². The lowest BCUT2D eigenvalue weighted by molar-refractivity contribution is 0.0491. The van der Waals surface area contributed by atoms with Gasteiger partial charge in [-0.25, -0.2) is 14.6 Å². The van der Waals surface area contributed by atoms with Crippen LogP contribution in [0, 0.1) is 0 Å². The highest BCUT2D eigenvalue weighted by Gasteiger charge is 2.35. The Balaban J connectivity index is 1.52. The van der Waals surface area contributed by atoms with Gasteiger partial charge in [0.05, 0.1) is 24.7 Å². The van der Waals surface area contributed by atoms with Gasteiger partial charge in [0.15, 0.2) is 11.4 Å². The maximum atomic E-state index is 12.7. The normalized spacial score (nSPS) is 14.3. The highest BCUT2D eigenvalue weighted by Crippen LogP contribution is 2.24. The number of nitrogens with zero attached hydrogens (tertiary/aromatic N) is 5. The summed E-state index contributed by atoms with van der Waals surface area (Å²) in [6.07, 6.45) is 1.49. The minimum atomic E-state index is -0.563. The summed E-state index contributed by atoms with van der Waals surface area (Å²) in [5, 5.41) is 14.9. The molecule has 0 radical (unpaired) electrons. The van der Waals surface area contributed by atoms with E-state index in [2.05, 4.69) is 25.2 Å². The van der Waals surface area contributed by atoms with Crippen LogP contribution in [0.15, 0.2) is 35.3 Å². The van der Waals surface area contributed by atoms with Crippen molar-refractivity contribution in [3.05, 3.63) is 52.2 Å². The van der Waals surface area contributed by atoms with Gasteiger partial charge in [0.2, 0.25) is 0 Å². The fraction of sp³-hybridized carbons (Fsp3) is 0.250. The molecule has 4 rings (SSSR count). The summed E-state index contributed by atoms with van der Waals surface area (Å²) in [4.78, 5) is 37.6. The second kappa shape index (κ2) is 6.06. The van der Waals surface area contributed by atoms with Gasteiger partial charge in [0, 0.05) is 18.5 Å². The molecule has 1 aromatic carbocycles. The number of carbonyl (C=O) groups excluding carboxylic acids is 2. The van der Waals surface area contributed by atoms with Crippen molar-refractivity contribution < 1.29 is 14.3 Å². The molecule has 10 heteroatoms. The van der Waals surface area contributed by atoms with E-state index in [0.717, 1.165) is 0 Å². The van der Waals surface area contributed by atoms with Gasteiger partial charge in [0.1, 0.15) is 0 Å². The standard InChI is InChI=1S/C16H14N6O4/c1-26-16(25)12-8-22(20-17-12)9-6-21(7-9)15(24)13-10-4-2-3-5-11(10)14(23)19-18-13/h2-5,8-9H,6-7H2,1H3,(H,19,23). The Bertz CT molecular complexity index is 1070. The molecular formula is C16H14N6O4. The number of H-pyrrole nitrogens is 1. The number of fused-ring (bicyclic) bond motifs is 1. The summed E-state index contributed by atoms with van der Waals surface area (Å²) >= 11 is 0. The number of hydrogen-bond donors (Lipinski definition) is 1. The topological polar surface area (TPSA) is 123 Å². The Morgan fingerprint density at radius 1 is 1.23 bits per heavy atom. The van der Waals surface area contributed by atoms with Crippen LogP contribution in [-0.4, -0.2) is 62.2 Å². The lowest BCUT2D eigenvalue weighted by Crippen LogP contribution is -2.51. The van der Waals surface area contributed by atoms with E-state index >= 15 is 0 Å². The van der Waals surface area contributed by atoms with Gasteiger partial charge in [0.25, 0.3) is 11.5 Å². The van der Waals surface area contributed by atoms with E-state index in [1.54, 1.807) is 29.2 Å². The fourth-order valence-electron chi connectivity index (χ4n) is 2.87. The number of aromatic amines is 1. The maximum absolute atomic E-state index is 12.7. The smallest absolute Gasteiger partial charge is 0.360 e. The van der Waals surface area contributed by atoms with Crippen molar-refractivity contribution in [1.29, 1.82) is 0 Å². The first-order valence-electron chi connectivity index (χ1n) is 7.85. The highest BCUT2D eigenvalue weighted by molar-refractivity contribution is 6.05. The molecule has 132 valence electrons. The van der Waals surface area contributed by atoms with Crippen LogP contribution in [0.3, 0.4) is 0 Å². The van der Waals surface area contributed by atoms with Crippen LogP contribution < -0.4 is 5.56 Å². The first-order valence-corrected chi connectivity index (χ1v) is 7.85. The predicted molar refractivity (Wildman–Crippen MR) is 88.7 cm³/mol. The third-order valence-electron chi connectivity index (χ3n) is 4.33. The quantitative estimate of drug-likeness (QED) is 0.657. The van der Waals surface area contributed by atoms with Crippen LogP contribution in [-0.2, 0) is 4.74 Å². The minimum Gasteiger partial charge on any atom is -0.464 e. The molecule has 26 heavy (non-hydrogen) atoms. The molecule has 1 fully saturated rings. The minimum absolute atomic E-state index is 0.0844. The summed E-state index contributed by atoms with van der Waals surface area (Å²) < 4.78 is 6.13. The molecule has 2 aromatic heterocycles. The van der Waals surface area contributed by atoms with E-state index in [-0.39, 0.29) is 28.9 Å². The average Bonchev–Trinajstić information content (AvgIpc) is 3.10. The average molecular weight is 354 g/mol. The van der Waals surface area contributed by atoms with Crippen molar-refractivity contribution in [3.63, 3.8) is 0 Å². The molecule has 1 aliphatic rings. The number of rotatable bonds is 3. The fourth-order valence-corrected chi connectivity index (χ4v) is 2.87. The summed E-state index contributed by atoms with van der Waals surface area (Å²) in [5.74, 6) is -0.838. The van der Waals surface area contributed by atoms with E-state index < -0.39 is 5.97 Å². The molecule has 3 aromatic rings. The Hall–Kier alpha value is -3.56. The van der Waals surface area contributed by atoms with Crippen LogP contribution in [0.4, 0.5) is 0 Å². The molecule has 0 spiro atoms. The highest BCUT2D eigenvalue weighted by atomic mass is 16.5. The van der Waals surface area contributed by atoms with Crippen molar-refractivity contribution in [3.8, 4) is 0 Å². The zero-order valence-electron chi connectivity index (χ0n) is 13.7. The van der Waals surface area contributed by atoms with E-state index in [1.807, 2.05) is 0 Å². The Labute approximate surface area is 146 Å². The molecule has 1 saturated heterocycles. The van der Waals surface area contributed by atoms with Crippen LogP contribution in [0.1, 0.15) is 27.0 Å². The molecular weight excluding hydrogens is 340 g/mol. The van der Waals surface area contributed by atoms with Gasteiger partial charge < -0.3 is 9.64 Å². The van der Waals surface area contributed by atoms with Crippen molar-refractivity contribution in [2.75, 3.05) is 20.2 Å². The third kappa shape index (κ3) is 2.51. The number of likely N-dealkylation sites (tertiary alicyclic amines) is 1. The molecule has 0 unspecified atom stereocenters. The summed E-state index contributed by atoms with van der Waals surface area (Å²) in [6, 6.07) is 6.74. The first-order chi connectivity index (χ1) is 12.6. The number of amides is 1. The Morgan fingerprint density at radius 2 is 1.96 bits per heavy atom. The van der Waals surface area contributed by atoms with Gasteiger partial charge in [-0.1, -0.05) is 23.4 Å². The molecule has 1 amide bonds. The van der Waals surface area contributed by atoms with Crippen LogP contribution in [0.5, 0.6) is 0 Å². The lowest BCUT2D eigenvalue weighted by atomic mass is 10.1. The Morgan fingerprint density at radius 3 is 2.69 bits per heavy atom. The second-order valence-electron chi connectivity index (χ2n) is 5.89. The lowest BCUT2D eigenvalue weighted by Gasteiger charge is -2.38. The maximum Gasteiger partial charge on any atom is 0.360 e. The number of aromatic nitrogens is 5. The predicted octanol–water partition coefficient (Wildman–Crippen LogP) is -0.00170. The molecule has 0 aliphatic carbocycles. The van der Waals surface area contributed by atoms with Crippen LogP contribution in [0.2, 0.25) is 0 Å². The zero-order chi connectivity index (χ0) is 18.3. The van der Waals surface area contributed by atoms with E-state index in [0.29, 0.717) is 23.9 Å². The van der Waals surface area contributed by atoms with Crippen molar-refractivity contribution in [2.24, 2.45) is 0 Å². The van der Waals surface area contributed by atoms with Crippen LogP contribution in [0.25, 0.3) is 10.8 Å². The number of nitrogens with one attached hydrogen (secondary N) is 1. The van der Waals surface area contributed by atoms with E-state index in [9.17, 15) is 14.4 Å². The number of benzene rings is 1. The van der Waals surface area contributed by atoms with Gasteiger partial charge in [-0.3, -0.25) is 9.59 Å². The second-order valence-corrected chi connectivity index (χ2v) is 5.89. The third-order valence-corrected chi connectivity index (χ3v) is 4.33. The van der Waals surface area contributed by atoms with Gasteiger partial charge in [-0.05, 0) is 6.07 Å². The molecule has 1 N–H and O–H groups in total. The number of methoxy groups -OCH3 is 1. The van der Waals surface area contributed by atoms with Gasteiger partial charge in [-0.15, -0.1) is 5.10 Å². The molecule has 0 atom stereocenters. The van der Waals surface area contributed by atoms with Crippen molar-refractivity contribution in [2.45, 2.75) is 6.04 Å².